The van der Waals surface area contributed by atoms with Crippen molar-refractivity contribution in [1.29, 1.82) is 0 Å². The van der Waals surface area contributed by atoms with Gasteiger partial charge in [-0.05, 0) is 68.5 Å². The lowest BCUT2D eigenvalue weighted by molar-refractivity contribution is 0.216. The van der Waals surface area contributed by atoms with Crippen LogP contribution in [0.15, 0.2) is 22.8 Å². The standard InChI is InChI=1S/C16H20O2/c1-9-8-10(2)12(4)15(11(9)3)16(17)14-6-7-18-13(14)5/h6-8,16-17H,1-5H3. The molecule has 0 fully saturated rings. The van der Waals surface area contributed by atoms with E-state index in [1.54, 1.807) is 6.26 Å². The van der Waals surface area contributed by atoms with Gasteiger partial charge in [0.25, 0.3) is 0 Å². The van der Waals surface area contributed by atoms with Crippen LogP contribution in [0.1, 0.15) is 45.2 Å². The summed E-state index contributed by atoms with van der Waals surface area (Å²) >= 11 is 0. The molecule has 1 aromatic carbocycles. The van der Waals surface area contributed by atoms with Crippen molar-refractivity contribution >= 4 is 0 Å². The van der Waals surface area contributed by atoms with Gasteiger partial charge in [0.2, 0.25) is 0 Å². The molecule has 18 heavy (non-hydrogen) atoms. The summed E-state index contributed by atoms with van der Waals surface area (Å²) in [5, 5.41) is 10.6. The van der Waals surface area contributed by atoms with E-state index in [1.165, 1.54) is 11.1 Å². The van der Waals surface area contributed by atoms with Gasteiger partial charge in [-0.3, -0.25) is 0 Å². The number of hydrogen-bond donors (Lipinski definition) is 1. The second-order valence-electron chi connectivity index (χ2n) is 5.01. The highest BCUT2D eigenvalue weighted by Crippen LogP contribution is 2.32. The van der Waals surface area contributed by atoms with E-state index in [2.05, 4.69) is 33.8 Å². The van der Waals surface area contributed by atoms with Gasteiger partial charge in [-0.1, -0.05) is 6.07 Å². The molecule has 1 heterocycles. The molecule has 1 unspecified atom stereocenters. The van der Waals surface area contributed by atoms with Crippen molar-refractivity contribution in [2.45, 2.75) is 40.7 Å². The van der Waals surface area contributed by atoms with Crippen LogP contribution in [0.4, 0.5) is 0 Å². The lowest BCUT2D eigenvalue weighted by Gasteiger charge is -2.20. The van der Waals surface area contributed by atoms with Crippen molar-refractivity contribution in [3.8, 4) is 0 Å². The van der Waals surface area contributed by atoms with Crippen molar-refractivity contribution in [2.75, 3.05) is 0 Å². The van der Waals surface area contributed by atoms with Crippen LogP contribution in [0.5, 0.6) is 0 Å². The largest absolute Gasteiger partial charge is 0.469 e. The predicted molar refractivity (Wildman–Crippen MR) is 72.9 cm³/mol. The van der Waals surface area contributed by atoms with Crippen LogP contribution in [0.25, 0.3) is 0 Å². The summed E-state index contributed by atoms with van der Waals surface area (Å²) in [6, 6.07) is 4.01. The van der Waals surface area contributed by atoms with Crippen LogP contribution < -0.4 is 0 Å². The summed E-state index contributed by atoms with van der Waals surface area (Å²) < 4.78 is 5.29. The molecule has 0 saturated heterocycles. The Hall–Kier alpha value is -1.54. The van der Waals surface area contributed by atoms with Crippen LogP contribution in [0.2, 0.25) is 0 Å². The summed E-state index contributed by atoms with van der Waals surface area (Å²) in [6.07, 6.45) is 1.02. The molecule has 1 aromatic heterocycles. The fourth-order valence-corrected chi connectivity index (χ4v) is 2.49. The normalized spacial score (nSPS) is 12.8. The molecule has 0 aliphatic heterocycles. The SMILES string of the molecule is Cc1cc(C)c(C)c(C(O)c2ccoc2C)c1C. The Bertz CT molecular complexity index is 553. The lowest BCUT2D eigenvalue weighted by atomic mass is 9.88. The Morgan fingerprint density at radius 1 is 1.00 bits per heavy atom. The Labute approximate surface area is 108 Å². The van der Waals surface area contributed by atoms with Gasteiger partial charge in [0, 0.05) is 5.56 Å². The van der Waals surface area contributed by atoms with Gasteiger partial charge in [-0.25, -0.2) is 0 Å². The minimum atomic E-state index is -0.609. The second-order valence-corrected chi connectivity index (χ2v) is 5.01. The van der Waals surface area contributed by atoms with Crippen LogP contribution in [0, 0.1) is 34.6 Å². The Balaban J connectivity index is 2.61. The fraction of sp³-hybridized carbons (Fsp3) is 0.375. The van der Waals surface area contributed by atoms with Gasteiger partial charge >= 0.3 is 0 Å². The number of furan rings is 1. The van der Waals surface area contributed by atoms with Crippen LogP contribution in [0.3, 0.4) is 0 Å². The smallest absolute Gasteiger partial charge is 0.108 e. The summed E-state index contributed by atoms with van der Waals surface area (Å²) in [7, 11) is 0. The first kappa shape index (κ1) is 12.9. The highest BCUT2D eigenvalue weighted by Gasteiger charge is 2.20. The first-order valence-corrected chi connectivity index (χ1v) is 6.22. The van der Waals surface area contributed by atoms with E-state index >= 15 is 0 Å². The second kappa shape index (κ2) is 4.62. The first-order valence-electron chi connectivity index (χ1n) is 6.22. The molecule has 1 N–H and O–H groups in total. The maximum atomic E-state index is 10.6. The van der Waals surface area contributed by atoms with Gasteiger partial charge in [-0.15, -0.1) is 0 Å². The van der Waals surface area contributed by atoms with Crippen molar-refractivity contribution < 1.29 is 9.52 Å². The van der Waals surface area contributed by atoms with Gasteiger partial charge < -0.3 is 9.52 Å². The highest BCUT2D eigenvalue weighted by molar-refractivity contribution is 5.48. The molecule has 0 radical (unpaired) electrons. The van der Waals surface area contributed by atoms with Crippen molar-refractivity contribution in [2.24, 2.45) is 0 Å². The van der Waals surface area contributed by atoms with Crippen molar-refractivity contribution in [1.82, 2.24) is 0 Å². The predicted octanol–water partition coefficient (Wildman–Crippen LogP) is 3.90. The van der Waals surface area contributed by atoms with Gasteiger partial charge in [0.1, 0.15) is 11.9 Å². The van der Waals surface area contributed by atoms with Crippen LogP contribution in [-0.4, -0.2) is 5.11 Å². The molecule has 1 atom stereocenters. The number of benzene rings is 1. The summed E-state index contributed by atoms with van der Waals surface area (Å²) in [4.78, 5) is 0. The third-order valence-electron chi connectivity index (χ3n) is 3.89. The Morgan fingerprint density at radius 2 is 1.56 bits per heavy atom. The minimum Gasteiger partial charge on any atom is -0.469 e. The van der Waals surface area contributed by atoms with Gasteiger partial charge in [0.15, 0.2) is 0 Å². The van der Waals surface area contributed by atoms with E-state index in [0.717, 1.165) is 28.0 Å². The number of aryl methyl sites for hydroxylation is 3. The van der Waals surface area contributed by atoms with Gasteiger partial charge in [0.05, 0.1) is 6.26 Å². The van der Waals surface area contributed by atoms with E-state index in [1.807, 2.05) is 13.0 Å². The fourth-order valence-electron chi connectivity index (χ4n) is 2.49. The van der Waals surface area contributed by atoms with E-state index in [0.29, 0.717) is 0 Å². The Kier molecular flexibility index (Phi) is 3.31. The first-order chi connectivity index (χ1) is 8.43. The van der Waals surface area contributed by atoms with E-state index in [-0.39, 0.29) is 0 Å². The molecule has 2 rings (SSSR count). The molecule has 2 heteroatoms. The maximum absolute atomic E-state index is 10.6. The molecule has 0 spiro atoms. The number of rotatable bonds is 2. The van der Waals surface area contributed by atoms with Crippen LogP contribution in [-0.2, 0) is 0 Å². The lowest BCUT2D eigenvalue weighted by Crippen LogP contribution is -2.07. The van der Waals surface area contributed by atoms with E-state index in [9.17, 15) is 5.11 Å². The summed E-state index contributed by atoms with van der Waals surface area (Å²) in [6.45, 7) is 10.2. The zero-order valence-corrected chi connectivity index (χ0v) is 11.7. The molecule has 2 nitrogen and oxygen atoms in total. The van der Waals surface area contributed by atoms with Crippen molar-refractivity contribution in [3.05, 3.63) is 57.5 Å². The Morgan fingerprint density at radius 3 is 2.00 bits per heavy atom. The third-order valence-corrected chi connectivity index (χ3v) is 3.89. The molecular formula is C16H20O2. The molecule has 0 saturated carbocycles. The van der Waals surface area contributed by atoms with Crippen molar-refractivity contribution in [3.63, 3.8) is 0 Å². The monoisotopic (exact) mass is 244 g/mol. The topological polar surface area (TPSA) is 33.4 Å². The minimum absolute atomic E-state index is 0.609. The molecule has 0 bridgehead atoms. The quantitative estimate of drug-likeness (QED) is 0.869. The molecule has 96 valence electrons. The zero-order valence-electron chi connectivity index (χ0n) is 11.7. The third kappa shape index (κ3) is 1.97. The molecule has 0 aliphatic rings. The van der Waals surface area contributed by atoms with E-state index < -0.39 is 6.10 Å². The molecular weight excluding hydrogens is 224 g/mol. The van der Waals surface area contributed by atoms with Gasteiger partial charge in [-0.2, -0.15) is 0 Å². The molecule has 2 aromatic rings. The average molecular weight is 244 g/mol. The zero-order chi connectivity index (χ0) is 13.4. The highest BCUT2D eigenvalue weighted by atomic mass is 16.3. The molecule has 0 aliphatic carbocycles. The summed E-state index contributed by atoms with van der Waals surface area (Å²) in [5.41, 5.74) is 6.61. The van der Waals surface area contributed by atoms with E-state index in [4.69, 9.17) is 4.42 Å². The average Bonchev–Trinajstić information content (AvgIpc) is 2.73. The van der Waals surface area contributed by atoms with Crippen LogP contribution >= 0.6 is 0 Å². The summed E-state index contributed by atoms with van der Waals surface area (Å²) in [5.74, 6) is 0.778. The number of aliphatic hydroxyl groups is 1. The number of hydrogen-bond acceptors (Lipinski definition) is 2. The maximum Gasteiger partial charge on any atom is 0.108 e. The molecule has 0 amide bonds. The number of aliphatic hydroxyl groups excluding tert-OH is 1.